The number of rotatable bonds is 6. The number of hydrogen-bond acceptors (Lipinski definition) is 5. The molecular weight excluding hydrogens is 318 g/mol. The summed E-state index contributed by atoms with van der Waals surface area (Å²) < 4.78 is 11.3. The second-order valence-electron chi connectivity index (χ2n) is 3.76. The Labute approximate surface area is 117 Å². The van der Waals surface area contributed by atoms with Crippen LogP contribution in [0.5, 0.6) is 0 Å². The fourth-order valence-corrected chi connectivity index (χ4v) is 2.59. The molecule has 0 radical (unpaired) electrons. The van der Waals surface area contributed by atoms with Crippen LogP contribution in [0, 0.1) is 0 Å². The van der Waals surface area contributed by atoms with Crippen LogP contribution < -0.4 is 10.7 Å². The molecule has 0 saturated heterocycles. The van der Waals surface area contributed by atoms with Crippen molar-refractivity contribution in [3.63, 3.8) is 0 Å². The number of nitrogens with one attached hydrogen (secondary N) is 1. The number of hydrogen-bond donors (Lipinski definition) is 1. The zero-order valence-electron chi connectivity index (χ0n) is 9.99. The molecule has 1 N–H and O–H groups in total. The molecule has 2 aromatic rings. The van der Waals surface area contributed by atoms with Crippen LogP contribution in [0.15, 0.2) is 30.4 Å². The number of anilines is 1. The van der Waals surface area contributed by atoms with Gasteiger partial charge in [-0.15, -0.1) is 0 Å². The van der Waals surface area contributed by atoms with Crippen molar-refractivity contribution in [3.05, 3.63) is 27.0 Å². The zero-order chi connectivity index (χ0) is 13.0. The Balaban J connectivity index is 2.05. The van der Waals surface area contributed by atoms with Crippen LogP contribution in [-0.4, -0.2) is 18.1 Å². The molecule has 0 aliphatic rings. The second-order valence-corrected chi connectivity index (χ2v) is 5.84. The standard InChI is InChI=1S/C12H14BrNO3S/c1-2-4-18-5-3-14-10-6-9(15)12-11(17-10)8(13)7-16-12/h6-7,14H,2-5H2,1H3. The summed E-state index contributed by atoms with van der Waals surface area (Å²) in [5.41, 5.74) is 0.518. The van der Waals surface area contributed by atoms with Gasteiger partial charge in [-0.25, -0.2) is 0 Å². The SMILES string of the molecule is CCCSCCNc1cc(=O)c2occ(Br)c2o1. The third-order valence-corrected chi connectivity index (χ3v) is 4.03. The summed E-state index contributed by atoms with van der Waals surface area (Å²) in [5, 5.41) is 3.10. The van der Waals surface area contributed by atoms with E-state index in [2.05, 4.69) is 28.2 Å². The number of halogens is 1. The van der Waals surface area contributed by atoms with E-state index in [-0.39, 0.29) is 11.0 Å². The molecule has 0 aromatic carbocycles. The van der Waals surface area contributed by atoms with Crippen LogP contribution in [0.25, 0.3) is 11.2 Å². The fraction of sp³-hybridized carbons (Fsp3) is 0.417. The highest BCUT2D eigenvalue weighted by Gasteiger charge is 2.11. The molecular formula is C12H14BrNO3S. The van der Waals surface area contributed by atoms with E-state index in [1.807, 2.05) is 11.8 Å². The third-order valence-electron chi connectivity index (χ3n) is 2.30. The van der Waals surface area contributed by atoms with Gasteiger partial charge in [-0.3, -0.25) is 4.79 Å². The van der Waals surface area contributed by atoms with Gasteiger partial charge in [0.1, 0.15) is 6.26 Å². The van der Waals surface area contributed by atoms with Crippen molar-refractivity contribution in [2.24, 2.45) is 0 Å². The summed E-state index contributed by atoms with van der Waals surface area (Å²) in [4.78, 5) is 11.7. The van der Waals surface area contributed by atoms with E-state index in [1.165, 1.54) is 18.8 Å². The normalized spacial score (nSPS) is 11.0. The Kier molecular flexibility index (Phi) is 4.77. The van der Waals surface area contributed by atoms with E-state index < -0.39 is 0 Å². The number of thioether (sulfide) groups is 1. The van der Waals surface area contributed by atoms with Gasteiger partial charge in [0, 0.05) is 18.4 Å². The van der Waals surface area contributed by atoms with Gasteiger partial charge in [0.2, 0.25) is 11.0 Å². The Morgan fingerprint density at radius 2 is 2.22 bits per heavy atom. The Bertz CT molecular complexity index is 578. The lowest BCUT2D eigenvalue weighted by atomic mass is 10.4. The molecule has 0 spiro atoms. The maximum absolute atomic E-state index is 11.7. The molecule has 2 rings (SSSR count). The molecule has 0 amide bonds. The minimum atomic E-state index is -0.175. The summed E-state index contributed by atoms with van der Waals surface area (Å²) in [6, 6.07) is 1.42. The van der Waals surface area contributed by atoms with E-state index in [1.54, 1.807) is 0 Å². The molecule has 0 saturated carbocycles. The monoisotopic (exact) mass is 331 g/mol. The highest BCUT2D eigenvalue weighted by Crippen LogP contribution is 2.25. The Morgan fingerprint density at radius 3 is 3.00 bits per heavy atom. The number of furan rings is 1. The van der Waals surface area contributed by atoms with Gasteiger partial charge in [0.15, 0.2) is 11.5 Å². The quantitative estimate of drug-likeness (QED) is 0.818. The van der Waals surface area contributed by atoms with Crippen molar-refractivity contribution in [1.29, 1.82) is 0 Å². The first-order valence-corrected chi connectivity index (χ1v) is 7.69. The minimum absolute atomic E-state index is 0.175. The molecule has 2 aromatic heterocycles. The van der Waals surface area contributed by atoms with Crippen LogP contribution in [-0.2, 0) is 0 Å². The van der Waals surface area contributed by atoms with E-state index in [0.29, 0.717) is 15.9 Å². The topological polar surface area (TPSA) is 55.4 Å². The Hall–Kier alpha value is -0.880. The summed E-state index contributed by atoms with van der Waals surface area (Å²) in [7, 11) is 0. The van der Waals surface area contributed by atoms with E-state index >= 15 is 0 Å². The van der Waals surface area contributed by atoms with Gasteiger partial charge >= 0.3 is 0 Å². The van der Waals surface area contributed by atoms with E-state index in [4.69, 9.17) is 8.83 Å². The second kappa shape index (κ2) is 6.33. The smallest absolute Gasteiger partial charge is 0.230 e. The first-order chi connectivity index (χ1) is 8.72. The molecule has 18 heavy (non-hydrogen) atoms. The molecule has 0 unspecified atom stereocenters. The molecule has 0 bridgehead atoms. The summed E-state index contributed by atoms with van der Waals surface area (Å²) in [5.74, 6) is 2.62. The molecule has 0 atom stereocenters. The maximum Gasteiger partial charge on any atom is 0.230 e. The van der Waals surface area contributed by atoms with Gasteiger partial charge in [-0.1, -0.05) is 6.92 Å². The first kappa shape index (κ1) is 13.5. The van der Waals surface area contributed by atoms with Crippen molar-refractivity contribution in [2.45, 2.75) is 13.3 Å². The molecule has 0 fully saturated rings. The lowest BCUT2D eigenvalue weighted by Gasteiger charge is -2.04. The lowest BCUT2D eigenvalue weighted by Crippen LogP contribution is -2.07. The van der Waals surface area contributed by atoms with E-state index in [9.17, 15) is 4.79 Å². The van der Waals surface area contributed by atoms with Crippen molar-refractivity contribution in [1.82, 2.24) is 0 Å². The molecule has 0 aliphatic carbocycles. The fourth-order valence-electron chi connectivity index (χ4n) is 1.50. The van der Waals surface area contributed by atoms with Gasteiger partial charge in [0.05, 0.1) is 4.47 Å². The van der Waals surface area contributed by atoms with Gasteiger partial charge in [0.25, 0.3) is 0 Å². The minimum Gasteiger partial charge on any atom is -0.456 e. The number of fused-ring (bicyclic) bond motifs is 1. The van der Waals surface area contributed by atoms with Crippen LogP contribution >= 0.6 is 27.7 Å². The third kappa shape index (κ3) is 3.11. The largest absolute Gasteiger partial charge is 0.456 e. The maximum atomic E-state index is 11.7. The van der Waals surface area contributed by atoms with Gasteiger partial charge < -0.3 is 14.2 Å². The highest BCUT2D eigenvalue weighted by molar-refractivity contribution is 9.10. The average Bonchev–Trinajstić information content (AvgIpc) is 2.72. The summed E-state index contributed by atoms with van der Waals surface area (Å²) in [6.07, 6.45) is 2.63. The summed E-state index contributed by atoms with van der Waals surface area (Å²) in [6.45, 7) is 2.93. The van der Waals surface area contributed by atoms with Gasteiger partial charge in [-0.05, 0) is 28.1 Å². The van der Waals surface area contributed by atoms with Crippen molar-refractivity contribution in [3.8, 4) is 0 Å². The zero-order valence-corrected chi connectivity index (χ0v) is 12.4. The van der Waals surface area contributed by atoms with Crippen molar-refractivity contribution < 1.29 is 8.83 Å². The van der Waals surface area contributed by atoms with Crippen LogP contribution in [0.3, 0.4) is 0 Å². The molecule has 98 valence electrons. The molecule has 0 aliphatic heterocycles. The molecule has 2 heterocycles. The molecule has 6 heteroatoms. The average molecular weight is 332 g/mol. The lowest BCUT2D eigenvalue weighted by molar-refractivity contribution is 0.586. The van der Waals surface area contributed by atoms with Crippen molar-refractivity contribution in [2.75, 3.05) is 23.4 Å². The van der Waals surface area contributed by atoms with Crippen LogP contribution in [0.4, 0.5) is 5.88 Å². The highest BCUT2D eigenvalue weighted by atomic mass is 79.9. The first-order valence-electron chi connectivity index (χ1n) is 5.75. The Morgan fingerprint density at radius 1 is 1.39 bits per heavy atom. The molecule has 4 nitrogen and oxygen atoms in total. The van der Waals surface area contributed by atoms with Crippen LogP contribution in [0.1, 0.15) is 13.3 Å². The van der Waals surface area contributed by atoms with E-state index in [0.717, 1.165) is 18.1 Å². The van der Waals surface area contributed by atoms with Gasteiger partial charge in [-0.2, -0.15) is 11.8 Å². The van der Waals surface area contributed by atoms with Crippen molar-refractivity contribution >= 4 is 44.7 Å². The summed E-state index contributed by atoms with van der Waals surface area (Å²) >= 11 is 5.15. The predicted octanol–water partition coefficient (Wildman–Crippen LogP) is 3.70. The van der Waals surface area contributed by atoms with Crippen LogP contribution in [0.2, 0.25) is 0 Å². The predicted molar refractivity (Wildman–Crippen MR) is 78.6 cm³/mol.